The van der Waals surface area contributed by atoms with Crippen molar-refractivity contribution in [2.24, 2.45) is 0 Å². The first-order valence-corrected chi connectivity index (χ1v) is 11.7. The third-order valence-electron chi connectivity index (χ3n) is 7.32. The van der Waals surface area contributed by atoms with Gasteiger partial charge in [0.1, 0.15) is 6.29 Å². The molecule has 0 aromatic heterocycles. The van der Waals surface area contributed by atoms with Gasteiger partial charge in [0.15, 0.2) is 0 Å². The van der Waals surface area contributed by atoms with Crippen molar-refractivity contribution in [1.82, 2.24) is 4.90 Å². The van der Waals surface area contributed by atoms with E-state index in [-0.39, 0.29) is 0 Å². The molecule has 3 nitrogen and oxygen atoms in total. The normalized spacial score (nSPS) is 19.6. The zero-order valence-electron chi connectivity index (χ0n) is 18.9. The summed E-state index contributed by atoms with van der Waals surface area (Å²) >= 11 is 0. The molecule has 160 valence electrons. The van der Waals surface area contributed by atoms with Crippen molar-refractivity contribution in [3.8, 4) is 0 Å². The van der Waals surface area contributed by atoms with Crippen LogP contribution >= 0.6 is 0 Å². The molecule has 1 aliphatic carbocycles. The number of carbonyl (C=O) groups is 1. The van der Waals surface area contributed by atoms with Gasteiger partial charge >= 0.3 is 0 Å². The number of aryl methyl sites for hydroxylation is 2. The van der Waals surface area contributed by atoms with Gasteiger partial charge in [0.2, 0.25) is 0 Å². The van der Waals surface area contributed by atoms with Gasteiger partial charge in [-0.3, -0.25) is 9.69 Å². The summed E-state index contributed by atoms with van der Waals surface area (Å²) in [7, 11) is 0. The Kier molecular flexibility index (Phi) is 6.58. The molecule has 0 N–H and O–H groups in total. The van der Waals surface area contributed by atoms with Crippen molar-refractivity contribution in [3.63, 3.8) is 0 Å². The van der Waals surface area contributed by atoms with Crippen LogP contribution in [0.15, 0.2) is 36.4 Å². The third-order valence-corrected chi connectivity index (χ3v) is 7.32. The highest BCUT2D eigenvalue weighted by Gasteiger charge is 2.24. The van der Waals surface area contributed by atoms with E-state index in [1.807, 2.05) is 12.1 Å². The Morgan fingerprint density at radius 1 is 0.900 bits per heavy atom. The molecule has 0 bridgehead atoms. The van der Waals surface area contributed by atoms with Crippen molar-refractivity contribution in [1.29, 1.82) is 0 Å². The molecule has 1 heterocycles. The van der Waals surface area contributed by atoms with Crippen LogP contribution in [-0.4, -0.2) is 37.4 Å². The van der Waals surface area contributed by atoms with Crippen LogP contribution in [0.2, 0.25) is 0 Å². The van der Waals surface area contributed by atoms with Gasteiger partial charge in [0, 0.05) is 43.5 Å². The third kappa shape index (κ3) is 4.46. The van der Waals surface area contributed by atoms with Crippen molar-refractivity contribution < 1.29 is 4.79 Å². The molecule has 2 aliphatic rings. The van der Waals surface area contributed by atoms with Gasteiger partial charge in [0.05, 0.1) is 0 Å². The van der Waals surface area contributed by atoms with E-state index in [1.165, 1.54) is 54.5 Å². The van der Waals surface area contributed by atoms with E-state index < -0.39 is 0 Å². The maximum absolute atomic E-state index is 11.1. The minimum Gasteiger partial charge on any atom is -0.369 e. The number of hydrogen-bond donors (Lipinski definition) is 0. The highest BCUT2D eigenvalue weighted by Crippen LogP contribution is 2.34. The smallest absolute Gasteiger partial charge is 0.150 e. The van der Waals surface area contributed by atoms with Gasteiger partial charge < -0.3 is 4.90 Å². The van der Waals surface area contributed by atoms with Gasteiger partial charge in [-0.1, -0.05) is 43.5 Å². The van der Waals surface area contributed by atoms with Crippen molar-refractivity contribution >= 4 is 12.0 Å². The van der Waals surface area contributed by atoms with Crippen LogP contribution in [-0.2, 0) is 0 Å². The molecule has 2 fully saturated rings. The average Bonchev–Trinajstić information content (AvgIpc) is 2.79. The molecule has 0 spiro atoms. The summed E-state index contributed by atoms with van der Waals surface area (Å²) in [4.78, 5) is 16.2. The molecule has 2 aromatic carbocycles. The number of hydrogen-bond acceptors (Lipinski definition) is 3. The van der Waals surface area contributed by atoms with E-state index in [1.54, 1.807) is 5.56 Å². The Bertz CT molecular complexity index is 836. The van der Waals surface area contributed by atoms with Crippen LogP contribution in [0.4, 0.5) is 5.69 Å². The number of aldehydes is 1. The van der Waals surface area contributed by atoms with Crippen LogP contribution < -0.4 is 4.90 Å². The SMILES string of the molecule is Cc1cc(C=O)cc(C)c1N1CCN([C@@H](C)c2ccc(C3CCCCC3)cc2)CC1. The number of anilines is 1. The monoisotopic (exact) mass is 404 g/mol. The van der Waals surface area contributed by atoms with E-state index in [2.05, 4.69) is 54.8 Å². The fraction of sp³-hybridized carbons (Fsp3) is 0.519. The summed E-state index contributed by atoms with van der Waals surface area (Å²) in [5, 5.41) is 0. The van der Waals surface area contributed by atoms with Gasteiger partial charge in [-0.15, -0.1) is 0 Å². The van der Waals surface area contributed by atoms with Crippen LogP contribution in [0, 0.1) is 13.8 Å². The molecule has 3 heteroatoms. The van der Waals surface area contributed by atoms with E-state index >= 15 is 0 Å². The van der Waals surface area contributed by atoms with E-state index in [9.17, 15) is 4.79 Å². The van der Waals surface area contributed by atoms with Crippen LogP contribution in [0.25, 0.3) is 0 Å². The molecular weight excluding hydrogens is 368 g/mol. The lowest BCUT2D eigenvalue weighted by Crippen LogP contribution is -2.47. The number of rotatable bonds is 5. The summed E-state index contributed by atoms with van der Waals surface area (Å²) in [5.74, 6) is 0.781. The minimum absolute atomic E-state index is 0.451. The molecule has 0 amide bonds. The summed E-state index contributed by atoms with van der Waals surface area (Å²) < 4.78 is 0. The molecule has 1 saturated carbocycles. The zero-order valence-corrected chi connectivity index (χ0v) is 18.9. The average molecular weight is 405 g/mol. The van der Waals surface area contributed by atoms with Crippen molar-refractivity contribution in [3.05, 3.63) is 64.2 Å². The fourth-order valence-electron chi connectivity index (χ4n) is 5.58. The van der Waals surface area contributed by atoms with Crippen molar-refractivity contribution in [2.75, 3.05) is 31.1 Å². The molecule has 0 unspecified atom stereocenters. The predicted molar refractivity (Wildman–Crippen MR) is 126 cm³/mol. The minimum atomic E-state index is 0.451. The maximum atomic E-state index is 11.1. The molecular formula is C27H36N2O. The lowest BCUT2D eigenvalue weighted by Gasteiger charge is -2.40. The second-order valence-corrected chi connectivity index (χ2v) is 9.32. The van der Waals surface area contributed by atoms with Crippen molar-refractivity contribution in [2.45, 2.75) is 64.8 Å². The second kappa shape index (κ2) is 9.34. The van der Waals surface area contributed by atoms with Gasteiger partial charge in [-0.25, -0.2) is 0 Å². The number of benzene rings is 2. The van der Waals surface area contributed by atoms with Crippen LogP contribution in [0.1, 0.15) is 83.6 Å². The quantitative estimate of drug-likeness (QED) is 0.567. The Balaban J connectivity index is 1.38. The maximum Gasteiger partial charge on any atom is 0.150 e. The molecule has 1 aliphatic heterocycles. The summed E-state index contributed by atoms with van der Waals surface area (Å²) in [6, 6.07) is 14.0. The molecule has 2 aromatic rings. The first-order valence-electron chi connectivity index (χ1n) is 11.7. The van der Waals surface area contributed by atoms with E-state index in [4.69, 9.17) is 0 Å². The lowest BCUT2D eigenvalue weighted by molar-refractivity contribution is 0.112. The summed E-state index contributed by atoms with van der Waals surface area (Å²) in [5.41, 5.74) is 7.47. The molecule has 1 atom stereocenters. The first kappa shape index (κ1) is 21.1. The molecule has 4 rings (SSSR count). The summed E-state index contributed by atoms with van der Waals surface area (Å²) in [6.07, 6.45) is 7.88. The lowest BCUT2D eigenvalue weighted by atomic mass is 9.83. The topological polar surface area (TPSA) is 23.6 Å². The second-order valence-electron chi connectivity index (χ2n) is 9.32. The molecule has 1 saturated heterocycles. The standard InChI is InChI=1S/C27H36N2O/c1-20-17-23(19-30)18-21(2)27(20)29-15-13-28(14-16-29)22(3)24-9-11-26(12-10-24)25-7-5-4-6-8-25/h9-12,17-19,22,25H,4-8,13-16H2,1-3H3/t22-/m0/s1. The Morgan fingerprint density at radius 2 is 1.50 bits per heavy atom. The van der Waals surface area contributed by atoms with Crippen LogP contribution in [0.3, 0.4) is 0 Å². The van der Waals surface area contributed by atoms with Gasteiger partial charge in [-0.2, -0.15) is 0 Å². The van der Waals surface area contributed by atoms with E-state index in [0.29, 0.717) is 6.04 Å². The highest BCUT2D eigenvalue weighted by atomic mass is 16.1. The fourth-order valence-corrected chi connectivity index (χ4v) is 5.58. The highest BCUT2D eigenvalue weighted by molar-refractivity contribution is 5.78. The number of nitrogens with zero attached hydrogens (tertiary/aromatic N) is 2. The zero-order chi connectivity index (χ0) is 21.1. The predicted octanol–water partition coefficient (Wildman–Crippen LogP) is 6.05. The Labute approximate surface area is 182 Å². The first-order chi connectivity index (χ1) is 14.6. The summed E-state index contributed by atoms with van der Waals surface area (Å²) in [6.45, 7) is 10.8. The Morgan fingerprint density at radius 3 is 2.07 bits per heavy atom. The number of piperazine rings is 1. The van der Waals surface area contributed by atoms with Crippen LogP contribution in [0.5, 0.6) is 0 Å². The van der Waals surface area contributed by atoms with Gasteiger partial charge in [0.25, 0.3) is 0 Å². The Hall–Kier alpha value is -2.13. The largest absolute Gasteiger partial charge is 0.369 e. The number of carbonyl (C=O) groups excluding carboxylic acids is 1. The molecule has 30 heavy (non-hydrogen) atoms. The van der Waals surface area contributed by atoms with E-state index in [0.717, 1.165) is 43.9 Å². The van der Waals surface area contributed by atoms with Gasteiger partial charge in [-0.05, 0) is 73.9 Å². The molecule has 0 radical (unpaired) electrons.